The summed E-state index contributed by atoms with van der Waals surface area (Å²) in [5.41, 5.74) is 0. The molecule has 1 unspecified atom stereocenters. The summed E-state index contributed by atoms with van der Waals surface area (Å²) in [6.07, 6.45) is 1.17. The van der Waals surface area contributed by atoms with E-state index in [-0.39, 0.29) is 0 Å². The SMILES string of the molecule is CS(=O)(=O)c1ccc(OP)cc1. The molecule has 0 fully saturated rings. The number of sulfone groups is 1. The van der Waals surface area contributed by atoms with Crippen LogP contribution < -0.4 is 4.52 Å². The minimum absolute atomic E-state index is 0.299. The molecular weight excluding hydrogens is 195 g/mol. The topological polar surface area (TPSA) is 43.4 Å². The first-order valence-electron chi connectivity index (χ1n) is 3.21. The fourth-order valence-electron chi connectivity index (χ4n) is 0.765. The van der Waals surface area contributed by atoms with Gasteiger partial charge in [-0.3, -0.25) is 0 Å². The number of rotatable bonds is 2. The first kappa shape index (κ1) is 9.49. The van der Waals surface area contributed by atoms with Gasteiger partial charge in [0.15, 0.2) is 9.84 Å². The number of hydrogen-bond donors (Lipinski definition) is 0. The van der Waals surface area contributed by atoms with E-state index in [4.69, 9.17) is 4.52 Å². The Morgan fingerprint density at radius 1 is 1.25 bits per heavy atom. The van der Waals surface area contributed by atoms with Crippen molar-refractivity contribution in [2.75, 3.05) is 6.26 Å². The molecule has 0 bridgehead atoms. The van der Waals surface area contributed by atoms with Crippen molar-refractivity contribution in [3.8, 4) is 5.75 Å². The number of hydrogen-bond acceptors (Lipinski definition) is 3. The van der Waals surface area contributed by atoms with Crippen LogP contribution in [0.1, 0.15) is 0 Å². The highest BCUT2D eigenvalue weighted by Gasteiger charge is 2.05. The van der Waals surface area contributed by atoms with Crippen molar-refractivity contribution in [2.45, 2.75) is 4.90 Å². The lowest BCUT2D eigenvalue weighted by Gasteiger charge is -2.00. The molecule has 66 valence electrons. The maximum Gasteiger partial charge on any atom is 0.175 e. The second-order valence-corrected chi connectivity index (χ2v) is 4.61. The van der Waals surface area contributed by atoms with Gasteiger partial charge in [-0.15, -0.1) is 0 Å². The summed E-state index contributed by atoms with van der Waals surface area (Å²) >= 11 is 0. The van der Waals surface area contributed by atoms with Crippen molar-refractivity contribution < 1.29 is 12.9 Å². The minimum Gasteiger partial charge on any atom is -0.480 e. The predicted molar refractivity (Wildman–Crippen MR) is 49.9 cm³/mol. The zero-order valence-corrected chi connectivity index (χ0v) is 8.49. The van der Waals surface area contributed by atoms with Crippen LogP contribution in [0.4, 0.5) is 0 Å². The Hall–Kier alpha value is -0.600. The number of benzene rings is 1. The van der Waals surface area contributed by atoms with E-state index in [1.165, 1.54) is 18.4 Å². The Morgan fingerprint density at radius 2 is 1.75 bits per heavy atom. The van der Waals surface area contributed by atoms with E-state index in [9.17, 15) is 8.42 Å². The standard InChI is InChI=1S/C7H9O3PS/c1-12(8,9)7-4-2-6(10-11)3-5-7/h2-5H,11H2,1H3. The molecule has 12 heavy (non-hydrogen) atoms. The van der Waals surface area contributed by atoms with Crippen molar-refractivity contribution in [1.82, 2.24) is 0 Å². The van der Waals surface area contributed by atoms with Gasteiger partial charge in [0.1, 0.15) is 5.75 Å². The van der Waals surface area contributed by atoms with Crippen LogP contribution in [0.15, 0.2) is 29.2 Å². The molecule has 1 atom stereocenters. The second-order valence-electron chi connectivity index (χ2n) is 2.36. The molecule has 1 aromatic rings. The van der Waals surface area contributed by atoms with Gasteiger partial charge in [0.2, 0.25) is 0 Å². The second kappa shape index (κ2) is 3.42. The Kier molecular flexibility index (Phi) is 2.70. The smallest absolute Gasteiger partial charge is 0.175 e. The van der Waals surface area contributed by atoms with Gasteiger partial charge in [-0.1, -0.05) is 0 Å². The molecule has 0 saturated heterocycles. The van der Waals surface area contributed by atoms with E-state index in [0.29, 0.717) is 10.6 Å². The van der Waals surface area contributed by atoms with Gasteiger partial charge < -0.3 is 4.52 Å². The third kappa shape index (κ3) is 2.19. The molecule has 0 spiro atoms. The maximum absolute atomic E-state index is 11.0. The summed E-state index contributed by atoms with van der Waals surface area (Å²) < 4.78 is 26.8. The van der Waals surface area contributed by atoms with Gasteiger partial charge in [-0.05, 0) is 24.3 Å². The average Bonchev–Trinajstić information content (AvgIpc) is 2.03. The van der Waals surface area contributed by atoms with E-state index in [1.807, 2.05) is 0 Å². The quantitative estimate of drug-likeness (QED) is 0.681. The molecule has 0 aromatic heterocycles. The van der Waals surface area contributed by atoms with E-state index in [0.717, 1.165) is 0 Å². The highest BCUT2D eigenvalue weighted by molar-refractivity contribution is 7.90. The van der Waals surface area contributed by atoms with E-state index in [1.54, 1.807) is 12.1 Å². The Balaban J connectivity index is 3.09. The zero-order valence-electron chi connectivity index (χ0n) is 6.52. The Morgan fingerprint density at radius 3 is 2.08 bits per heavy atom. The predicted octanol–water partition coefficient (Wildman–Crippen LogP) is 1.26. The normalized spacial score (nSPS) is 11.2. The highest BCUT2D eigenvalue weighted by Crippen LogP contribution is 2.16. The third-order valence-corrected chi connectivity index (χ3v) is 2.79. The molecule has 1 rings (SSSR count). The largest absolute Gasteiger partial charge is 0.480 e. The molecule has 0 radical (unpaired) electrons. The van der Waals surface area contributed by atoms with Gasteiger partial charge >= 0.3 is 0 Å². The maximum atomic E-state index is 11.0. The summed E-state index contributed by atoms with van der Waals surface area (Å²) in [7, 11) is -0.999. The summed E-state index contributed by atoms with van der Waals surface area (Å²) in [5.74, 6) is 0.618. The molecule has 0 aliphatic heterocycles. The summed E-state index contributed by atoms with van der Waals surface area (Å²) in [5, 5.41) is 0. The van der Waals surface area contributed by atoms with Crippen molar-refractivity contribution in [1.29, 1.82) is 0 Å². The molecule has 0 aliphatic rings. The summed E-state index contributed by atoms with van der Waals surface area (Å²) in [6.45, 7) is 0. The third-order valence-electron chi connectivity index (χ3n) is 1.39. The Labute approximate surface area is 74.0 Å². The van der Waals surface area contributed by atoms with Crippen LogP contribution in [0.2, 0.25) is 0 Å². The zero-order chi connectivity index (χ0) is 9.19. The molecule has 1 aromatic carbocycles. The molecule has 0 saturated carbocycles. The molecule has 0 N–H and O–H groups in total. The van der Waals surface area contributed by atoms with Crippen LogP contribution in [0.5, 0.6) is 5.75 Å². The first-order chi connectivity index (χ1) is 5.54. The van der Waals surface area contributed by atoms with E-state index < -0.39 is 9.84 Å². The average molecular weight is 204 g/mol. The summed E-state index contributed by atoms with van der Waals surface area (Å²) in [4.78, 5) is 0.299. The Bertz CT molecular complexity index is 355. The summed E-state index contributed by atoms with van der Waals surface area (Å²) in [6, 6.07) is 6.22. The lowest BCUT2D eigenvalue weighted by Crippen LogP contribution is -1.95. The van der Waals surface area contributed by atoms with Crippen LogP contribution in [0.3, 0.4) is 0 Å². The van der Waals surface area contributed by atoms with Gasteiger partial charge in [0.25, 0.3) is 0 Å². The van der Waals surface area contributed by atoms with Crippen molar-refractivity contribution in [3.63, 3.8) is 0 Å². The molecule has 0 heterocycles. The lowest BCUT2D eigenvalue weighted by molar-refractivity contribution is 0.601. The van der Waals surface area contributed by atoms with Gasteiger partial charge in [0, 0.05) is 6.26 Å². The van der Waals surface area contributed by atoms with Crippen molar-refractivity contribution in [3.05, 3.63) is 24.3 Å². The van der Waals surface area contributed by atoms with Crippen LogP contribution in [-0.2, 0) is 9.84 Å². The molecule has 0 amide bonds. The minimum atomic E-state index is -3.09. The lowest BCUT2D eigenvalue weighted by atomic mass is 10.3. The molecular formula is C7H9O3PS. The van der Waals surface area contributed by atoms with Crippen LogP contribution in [0.25, 0.3) is 0 Å². The van der Waals surface area contributed by atoms with Crippen molar-refractivity contribution in [2.24, 2.45) is 0 Å². The van der Waals surface area contributed by atoms with Gasteiger partial charge in [0.05, 0.1) is 14.4 Å². The van der Waals surface area contributed by atoms with Crippen LogP contribution >= 0.6 is 9.47 Å². The van der Waals surface area contributed by atoms with Crippen LogP contribution in [0, 0.1) is 0 Å². The fraction of sp³-hybridized carbons (Fsp3) is 0.143. The first-order valence-corrected chi connectivity index (χ1v) is 5.57. The molecule has 0 aliphatic carbocycles. The van der Waals surface area contributed by atoms with Gasteiger partial charge in [-0.2, -0.15) is 0 Å². The van der Waals surface area contributed by atoms with Gasteiger partial charge in [-0.25, -0.2) is 8.42 Å². The van der Waals surface area contributed by atoms with Crippen molar-refractivity contribution >= 4 is 19.3 Å². The molecule has 3 nitrogen and oxygen atoms in total. The van der Waals surface area contributed by atoms with E-state index in [2.05, 4.69) is 9.47 Å². The highest BCUT2D eigenvalue weighted by atomic mass is 32.2. The van der Waals surface area contributed by atoms with E-state index >= 15 is 0 Å². The monoisotopic (exact) mass is 204 g/mol. The van der Waals surface area contributed by atoms with Crippen LogP contribution in [-0.4, -0.2) is 14.7 Å². The molecule has 5 heteroatoms. The fourth-order valence-corrected chi connectivity index (χ4v) is 1.55.